The smallest absolute Gasteiger partial charge is 0.304 e. The van der Waals surface area contributed by atoms with Gasteiger partial charge in [0.15, 0.2) is 0 Å². The van der Waals surface area contributed by atoms with Crippen LogP contribution in [0.25, 0.3) is 0 Å². The molecule has 0 bridgehead atoms. The fraction of sp³-hybridized carbons (Fsp3) is 0.929. The predicted molar refractivity (Wildman–Crippen MR) is 69.6 cm³/mol. The first kappa shape index (κ1) is 16.4. The summed E-state index contributed by atoms with van der Waals surface area (Å²) in [6.07, 6.45) is 10.9. The van der Waals surface area contributed by atoms with Crippen molar-refractivity contribution in [2.24, 2.45) is 0 Å². The molecule has 0 radical (unpaired) electrons. The number of rotatable bonds is 11. The lowest BCUT2D eigenvalue weighted by Crippen LogP contribution is -2.14. The summed E-state index contributed by atoms with van der Waals surface area (Å²) in [6, 6.07) is 0. The molecule has 0 aromatic heterocycles. The first-order chi connectivity index (χ1) is 8.16. The third-order valence-corrected chi connectivity index (χ3v) is 2.86. The molecule has 1 N–H and O–H groups in total. The van der Waals surface area contributed by atoms with Crippen molar-refractivity contribution in [1.29, 1.82) is 0 Å². The summed E-state index contributed by atoms with van der Waals surface area (Å²) in [7, 11) is 0. The van der Waals surface area contributed by atoms with Crippen LogP contribution in [0.3, 0.4) is 0 Å². The van der Waals surface area contributed by atoms with Crippen LogP contribution in [0, 0.1) is 0 Å². The van der Waals surface area contributed by atoms with Crippen LogP contribution >= 0.6 is 0 Å². The van der Waals surface area contributed by atoms with Crippen LogP contribution in [0.15, 0.2) is 0 Å². The molecule has 0 aliphatic rings. The van der Waals surface area contributed by atoms with Gasteiger partial charge in [-0.3, -0.25) is 4.79 Å². The Hall–Kier alpha value is -0.570. The van der Waals surface area contributed by atoms with Crippen molar-refractivity contribution >= 4 is 5.97 Å². The summed E-state index contributed by atoms with van der Waals surface area (Å²) in [4.78, 5) is 10.5. The van der Waals surface area contributed by atoms with E-state index < -0.39 is 12.3 Å². The number of unbranched alkanes of at least 4 members (excludes halogenated alkanes) is 8. The van der Waals surface area contributed by atoms with Crippen molar-refractivity contribution in [3.63, 3.8) is 0 Å². The van der Waals surface area contributed by atoms with Crippen LogP contribution in [-0.2, 0) is 9.53 Å². The van der Waals surface area contributed by atoms with Gasteiger partial charge in [-0.05, 0) is 6.42 Å². The molecule has 0 aliphatic carbocycles. The number of carbonyl (C=O) groups is 1. The molecule has 0 aliphatic heterocycles. The summed E-state index contributed by atoms with van der Waals surface area (Å²) in [5.74, 6) is -0.409. The number of carbonyl (C=O) groups excluding carboxylic acids is 1. The summed E-state index contributed by atoms with van der Waals surface area (Å²) in [5.41, 5.74) is 0. The normalized spacial score (nSPS) is 12.4. The molecule has 0 heterocycles. The maximum atomic E-state index is 10.5. The number of ether oxygens (including phenoxy) is 1. The Labute approximate surface area is 106 Å². The van der Waals surface area contributed by atoms with Gasteiger partial charge >= 0.3 is 5.97 Å². The third-order valence-electron chi connectivity index (χ3n) is 2.86. The highest BCUT2D eigenvalue weighted by atomic mass is 16.6. The molecular formula is C14H28O3. The fourth-order valence-electron chi connectivity index (χ4n) is 1.88. The number of aliphatic hydroxyl groups is 1. The van der Waals surface area contributed by atoms with Crippen LogP contribution in [-0.4, -0.2) is 17.4 Å². The van der Waals surface area contributed by atoms with E-state index in [0.717, 1.165) is 12.8 Å². The van der Waals surface area contributed by atoms with Crippen LogP contribution < -0.4 is 0 Å². The number of hydrogen-bond acceptors (Lipinski definition) is 3. The average Bonchev–Trinajstić information content (AvgIpc) is 2.26. The first-order valence-electron chi connectivity index (χ1n) is 7.02. The number of hydrogen-bond donors (Lipinski definition) is 1. The minimum Gasteiger partial charge on any atom is -0.436 e. The fourth-order valence-corrected chi connectivity index (χ4v) is 1.88. The van der Waals surface area contributed by atoms with Gasteiger partial charge in [-0.2, -0.15) is 0 Å². The van der Waals surface area contributed by atoms with Gasteiger partial charge in [0, 0.05) is 13.3 Å². The van der Waals surface area contributed by atoms with E-state index in [0.29, 0.717) is 6.42 Å². The van der Waals surface area contributed by atoms with Gasteiger partial charge in [0.1, 0.15) is 0 Å². The van der Waals surface area contributed by atoms with Gasteiger partial charge in [-0.1, -0.05) is 58.3 Å². The molecule has 3 heteroatoms. The minimum atomic E-state index is -0.906. The van der Waals surface area contributed by atoms with Crippen molar-refractivity contribution in [2.75, 3.05) is 0 Å². The van der Waals surface area contributed by atoms with Gasteiger partial charge in [-0.15, -0.1) is 0 Å². The van der Waals surface area contributed by atoms with Gasteiger partial charge in [0.25, 0.3) is 0 Å². The molecule has 1 atom stereocenters. The highest BCUT2D eigenvalue weighted by Crippen LogP contribution is 2.11. The molecular weight excluding hydrogens is 216 g/mol. The Morgan fingerprint density at radius 2 is 1.47 bits per heavy atom. The zero-order valence-corrected chi connectivity index (χ0v) is 11.4. The standard InChI is InChI=1S/C14H28O3/c1-3-4-5-6-7-8-9-10-11-12-14(16)17-13(2)15/h14,16H,3-12H2,1-2H3. The van der Waals surface area contributed by atoms with Gasteiger partial charge < -0.3 is 9.84 Å². The molecule has 3 nitrogen and oxygen atoms in total. The summed E-state index contributed by atoms with van der Waals surface area (Å²) in [6.45, 7) is 3.55. The van der Waals surface area contributed by atoms with E-state index in [1.807, 2.05) is 0 Å². The Bertz CT molecular complexity index is 180. The Morgan fingerprint density at radius 1 is 1.00 bits per heavy atom. The van der Waals surface area contributed by atoms with E-state index in [1.165, 1.54) is 51.9 Å². The molecule has 17 heavy (non-hydrogen) atoms. The number of aliphatic hydroxyl groups excluding tert-OH is 1. The second-order valence-electron chi connectivity index (χ2n) is 4.68. The molecule has 102 valence electrons. The van der Waals surface area contributed by atoms with Gasteiger partial charge in [0.2, 0.25) is 6.29 Å². The summed E-state index contributed by atoms with van der Waals surface area (Å²) in [5, 5.41) is 9.28. The van der Waals surface area contributed by atoms with Crippen molar-refractivity contribution in [3.8, 4) is 0 Å². The second-order valence-corrected chi connectivity index (χ2v) is 4.68. The first-order valence-corrected chi connectivity index (χ1v) is 7.02. The molecule has 1 unspecified atom stereocenters. The second kappa shape index (κ2) is 11.9. The summed E-state index contributed by atoms with van der Waals surface area (Å²) < 4.78 is 4.64. The Balaban J connectivity index is 3.10. The maximum Gasteiger partial charge on any atom is 0.304 e. The molecule has 0 saturated carbocycles. The van der Waals surface area contributed by atoms with Crippen molar-refractivity contribution in [3.05, 3.63) is 0 Å². The molecule has 0 amide bonds. The topological polar surface area (TPSA) is 46.5 Å². The zero-order chi connectivity index (χ0) is 12.9. The molecule has 0 fully saturated rings. The highest BCUT2D eigenvalue weighted by molar-refractivity contribution is 5.65. The predicted octanol–water partition coefficient (Wildman–Crippen LogP) is 3.79. The van der Waals surface area contributed by atoms with Crippen molar-refractivity contribution in [2.45, 2.75) is 84.3 Å². The van der Waals surface area contributed by atoms with E-state index >= 15 is 0 Å². The minimum absolute atomic E-state index is 0.409. The lowest BCUT2D eigenvalue weighted by molar-refractivity contribution is -0.165. The SMILES string of the molecule is CCCCCCCCCCCC(O)OC(C)=O. The van der Waals surface area contributed by atoms with Crippen molar-refractivity contribution in [1.82, 2.24) is 0 Å². The summed E-state index contributed by atoms with van der Waals surface area (Å²) >= 11 is 0. The van der Waals surface area contributed by atoms with Crippen LogP contribution in [0.2, 0.25) is 0 Å². The molecule has 0 aromatic carbocycles. The van der Waals surface area contributed by atoms with E-state index in [9.17, 15) is 9.90 Å². The lowest BCUT2D eigenvalue weighted by atomic mass is 10.1. The largest absolute Gasteiger partial charge is 0.436 e. The monoisotopic (exact) mass is 244 g/mol. The molecule has 0 aromatic rings. The zero-order valence-electron chi connectivity index (χ0n) is 11.4. The van der Waals surface area contributed by atoms with Crippen LogP contribution in [0.4, 0.5) is 0 Å². The highest BCUT2D eigenvalue weighted by Gasteiger charge is 2.05. The van der Waals surface area contributed by atoms with E-state index in [-0.39, 0.29) is 0 Å². The number of esters is 1. The quantitative estimate of drug-likeness (QED) is 0.342. The van der Waals surface area contributed by atoms with Gasteiger partial charge in [0.05, 0.1) is 0 Å². The van der Waals surface area contributed by atoms with Crippen molar-refractivity contribution < 1.29 is 14.6 Å². The van der Waals surface area contributed by atoms with E-state index in [1.54, 1.807) is 0 Å². The Kier molecular flexibility index (Phi) is 11.5. The third kappa shape index (κ3) is 13.4. The molecule has 0 saturated heterocycles. The Morgan fingerprint density at radius 3 is 1.94 bits per heavy atom. The lowest BCUT2D eigenvalue weighted by Gasteiger charge is -2.09. The molecule has 0 rings (SSSR count). The van der Waals surface area contributed by atoms with E-state index in [4.69, 9.17) is 0 Å². The average molecular weight is 244 g/mol. The maximum absolute atomic E-state index is 10.5. The van der Waals surface area contributed by atoms with Gasteiger partial charge in [-0.25, -0.2) is 0 Å². The van der Waals surface area contributed by atoms with Crippen LogP contribution in [0.5, 0.6) is 0 Å². The van der Waals surface area contributed by atoms with Crippen LogP contribution in [0.1, 0.15) is 78.1 Å². The molecule has 0 spiro atoms. The van der Waals surface area contributed by atoms with E-state index in [2.05, 4.69) is 11.7 Å².